The SMILES string of the molecule is O=[N+]([O-])c1ccccc1CC(Cl)c1csc2ccccc12. The Kier molecular flexibility index (Phi) is 3.90. The van der Waals surface area contributed by atoms with Crippen molar-refractivity contribution in [3.63, 3.8) is 0 Å². The summed E-state index contributed by atoms with van der Waals surface area (Å²) in [5.41, 5.74) is 1.83. The molecule has 1 atom stereocenters. The van der Waals surface area contributed by atoms with Gasteiger partial charge in [-0.3, -0.25) is 10.1 Å². The van der Waals surface area contributed by atoms with Gasteiger partial charge < -0.3 is 0 Å². The Hall–Kier alpha value is -1.91. The Balaban J connectivity index is 1.93. The summed E-state index contributed by atoms with van der Waals surface area (Å²) in [6.45, 7) is 0. The third-order valence-corrected chi connectivity index (χ3v) is 4.81. The van der Waals surface area contributed by atoms with Crippen molar-refractivity contribution < 1.29 is 4.92 Å². The molecule has 0 N–H and O–H groups in total. The van der Waals surface area contributed by atoms with Crippen LogP contribution in [0.2, 0.25) is 0 Å². The molecule has 5 heteroatoms. The van der Waals surface area contributed by atoms with Gasteiger partial charge in [0.25, 0.3) is 5.69 Å². The highest BCUT2D eigenvalue weighted by atomic mass is 35.5. The van der Waals surface area contributed by atoms with Gasteiger partial charge in [0.1, 0.15) is 0 Å². The summed E-state index contributed by atoms with van der Waals surface area (Å²) in [4.78, 5) is 10.7. The normalized spacial score (nSPS) is 12.4. The first-order valence-corrected chi connectivity index (χ1v) is 7.81. The van der Waals surface area contributed by atoms with E-state index in [0.717, 1.165) is 10.9 Å². The number of hydrogen-bond donors (Lipinski definition) is 0. The summed E-state index contributed by atoms with van der Waals surface area (Å²) in [5.74, 6) is 0. The van der Waals surface area contributed by atoms with E-state index in [0.29, 0.717) is 12.0 Å². The fourth-order valence-corrected chi connectivity index (χ4v) is 3.84. The van der Waals surface area contributed by atoms with E-state index in [-0.39, 0.29) is 16.0 Å². The second kappa shape index (κ2) is 5.84. The van der Waals surface area contributed by atoms with Crippen molar-refractivity contribution in [1.82, 2.24) is 0 Å². The minimum absolute atomic E-state index is 0.127. The minimum Gasteiger partial charge on any atom is -0.258 e. The molecule has 2 aromatic carbocycles. The van der Waals surface area contributed by atoms with Crippen LogP contribution in [-0.4, -0.2) is 4.92 Å². The molecule has 1 aromatic heterocycles. The number of para-hydroxylation sites is 1. The van der Waals surface area contributed by atoms with Gasteiger partial charge in [-0.1, -0.05) is 36.4 Å². The predicted octanol–water partition coefficient (Wildman–Crippen LogP) is 5.33. The number of alkyl halides is 1. The molecule has 0 spiro atoms. The van der Waals surface area contributed by atoms with Gasteiger partial charge in [0.2, 0.25) is 0 Å². The third kappa shape index (κ3) is 2.77. The zero-order valence-electron chi connectivity index (χ0n) is 11.0. The molecule has 0 saturated carbocycles. The van der Waals surface area contributed by atoms with Gasteiger partial charge in [0.15, 0.2) is 0 Å². The highest BCUT2D eigenvalue weighted by Crippen LogP contribution is 2.36. The summed E-state index contributed by atoms with van der Waals surface area (Å²) >= 11 is 8.17. The van der Waals surface area contributed by atoms with Crippen LogP contribution in [0.1, 0.15) is 16.5 Å². The van der Waals surface area contributed by atoms with Crippen LogP contribution in [0, 0.1) is 10.1 Å². The average Bonchev–Trinajstić information content (AvgIpc) is 2.91. The Bertz CT molecular complexity index is 800. The van der Waals surface area contributed by atoms with E-state index >= 15 is 0 Å². The maximum absolute atomic E-state index is 11.1. The molecule has 3 rings (SSSR count). The molecule has 1 unspecified atom stereocenters. The molecule has 0 aliphatic heterocycles. The van der Waals surface area contributed by atoms with Gasteiger partial charge in [-0.2, -0.15) is 0 Å². The van der Waals surface area contributed by atoms with Crippen molar-refractivity contribution in [3.8, 4) is 0 Å². The highest BCUT2D eigenvalue weighted by Gasteiger charge is 2.19. The third-order valence-electron chi connectivity index (χ3n) is 3.44. The Morgan fingerprint density at radius 1 is 1.14 bits per heavy atom. The van der Waals surface area contributed by atoms with Crippen molar-refractivity contribution in [1.29, 1.82) is 0 Å². The number of rotatable bonds is 4. The Morgan fingerprint density at radius 3 is 2.67 bits per heavy atom. The van der Waals surface area contributed by atoms with Crippen molar-refractivity contribution in [2.45, 2.75) is 11.8 Å². The van der Waals surface area contributed by atoms with Gasteiger partial charge in [-0.15, -0.1) is 22.9 Å². The van der Waals surface area contributed by atoms with E-state index in [2.05, 4.69) is 6.07 Å². The Labute approximate surface area is 130 Å². The van der Waals surface area contributed by atoms with Crippen LogP contribution < -0.4 is 0 Å². The largest absolute Gasteiger partial charge is 0.272 e. The first kappa shape index (κ1) is 14.0. The number of halogens is 1. The smallest absolute Gasteiger partial charge is 0.258 e. The zero-order chi connectivity index (χ0) is 14.8. The molecule has 106 valence electrons. The Morgan fingerprint density at radius 2 is 1.86 bits per heavy atom. The quantitative estimate of drug-likeness (QED) is 0.370. The van der Waals surface area contributed by atoms with Crippen LogP contribution >= 0.6 is 22.9 Å². The molecule has 1 heterocycles. The molecule has 0 radical (unpaired) electrons. The second-order valence-electron chi connectivity index (χ2n) is 4.74. The van der Waals surface area contributed by atoms with Gasteiger partial charge in [-0.05, 0) is 28.8 Å². The molecule has 0 fully saturated rings. The van der Waals surface area contributed by atoms with Crippen molar-refractivity contribution in [3.05, 3.63) is 75.2 Å². The number of thiophene rings is 1. The molecular weight excluding hydrogens is 306 g/mol. The molecule has 0 bridgehead atoms. The molecule has 0 aliphatic rings. The number of nitro benzene ring substituents is 1. The second-order valence-corrected chi connectivity index (χ2v) is 6.18. The topological polar surface area (TPSA) is 43.1 Å². The van der Waals surface area contributed by atoms with E-state index in [1.54, 1.807) is 29.5 Å². The lowest BCUT2D eigenvalue weighted by Crippen LogP contribution is -1.99. The molecule has 0 aliphatic carbocycles. The predicted molar refractivity (Wildman–Crippen MR) is 87.2 cm³/mol. The van der Waals surface area contributed by atoms with Crippen LogP contribution in [0.5, 0.6) is 0 Å². The number of benzene rings is 2. The lowest BCUT2D eigenvalue weighted by Gasteiger charge is -2.09. The van der Waals surface area contributed by atoms with Gasteiger partial charge in [0.05, 0.1) is 10.3 Å². The van der Waals surface area contributed by atoms with Crippen LogP contribution in [0.15, 0.2) is 53.9 Å². The molecular formula is C16H12ClNO2S. The van der Waals surface area contributed by atoms with Crippen LogP contribution in [0.25, 0.3) is 10.1 Å². The first-order chi connectivity index (χ1) is 10.2. The van der Waals surface area contributed by atoms with Crippen LogP contribution in [0.4, 0.5) is 5.69 Å². The van der Waals surface area contributed by atoms with Crippen molar-refractivity contribution in [2.75, 3.05) is 0 Å². The monoisotopic (exact) mass is 317 g/mol. The fraction of sp³-hybridized carbons (Fsp3) is 0.125. The standard InChI is InChI=1S/C16H12ClNO2S/c17-14(9-11-5-1-3-7-15(11)18(19)20)13-10-21-16-8-4-2-6-12(13)16/h1-8,10,14H,9H2. The maximum Gasteiger partial charge on any atom is 0.272 e. The molecule has 21 heavy (non-hydrogen) atoms. The van der Waals surface area contributed by atoms with E-state index in [1.807, 2.05) is 23.6 Å². The van der Waals surface area contributed by atoms with E-state index in [4.69, 9.17) is 11.6 Å². The molecule has 0 saturated heterocycles. The lowest BCUT2D eigenvalue weighted by atomic mass is 10.0. The van der Waals surface area contributed by atoms with Crippen LogP contribution in [-0.2, 0) is 6.42 Å². The summed E-state index contributed by atoms with van der Waals surface area (Å²) in [6, 6.07) is 14.8. The summed E-state index contributed by atoms with van der Waals surface area (Å²) in [6.07, 6.45) is 0.444. The molecule has 0 amide bonds. The maximum atomic E-state index is 11.1. The van der Waals surface area contributed by atoms with E-state index in [1.165, 1.54) is 10.8 Å². The zero-order valence-corrected chi connectivity index (χ0v) is 12.6. The van der Waals surface area contributed by atoms with E-state index in [9.17, 15) is 10.1 Å². The number of hydrogen-bond acceptors (Lipinski definition) is 3. The number of nitrogens with zero attached hydrogens (tertiary/aromatic N) is 1. The summed E-state index contributed by atoms with van der Waals surface area (Å²) in [7, 11) is 0. The molecule has 3 aromatic rings. The van der Waals surface area contributed by atoms with Crippen LogP contribution in [0.3, 0.4) is 0 Å². The first-order valence-electron chi connectivity index (χ1n) is 6.49. The minimum atomic E-state index is -0.356. The summed E-state index contributed by atoms with van der Waals surface area (Å²) < 4.78 is 1.18. The van der Waals surface area contributed by atoms with Crippen molar-refractivity contribution >= 4 is 38.7 Å². The van der Waals surface area contributed by atoms with Gasteiger partial charge in [0, 0.05) is 16.3 Å². The highest BCUT2D eigenvalue weighted by molar-refractivity contribution is 7.17. The number of nitro groups is 1. The fourth-order valence-electron chi connectivity index (χ4n) is 2.41. The van der Waals surface area contributed by atoms with E-state index < -0.39 is 0 Å². The van der Waals surface area contributed by atoms with Gasteiger partial charge >= 0.3 is 0 Å². The van der Waals surface area contributed by atoms with Gasteiger partial charge in [-0.25, -0.2) is 0 Å². The number of fused-ring (bicyclic) bond motifs is 1. The lowest BCUT2D eigenvalue weighted by molar-refractivity contribution is -0.385. The average molecular weight is 318 g/mol. The molecule has 3 nitrogen and oxygen atoms in total. The van der Waals surface area contributed by atoms with Crippen molar-refractivity contribution in [2.24, 2.45) is 0 Å². The summed E-state index contributed by atoms with van der Waals surface area (Å²) in [5, 5.41) is 14.0.